The second-order valence-corrected chi connectivity index (χ2v) is 10.2. The van der Waals surface area contributed by atoms with Gasteiger partial charge in [0.25, 0.3) is 0 Å². The quantitative estimate of drug-likeness (QED) is 0.292. The Kier molecular flexibility index (Phi) is 5.24. The minimum atomic E-state index is 0.0184. The average Bonchev–Trinajstić information content (AvgIpc) is 3.28. The third kappa shape index (κ3) is 4.02. The van der Waals surface area contributed by atoms with Crippen LogP contribution in [0.2, 0.25) is 0 Å². The fourth-order valence-corrected chi connectivity index (χ4v) is 4.49. The van der Waals surface area contributed by atoms with Gasteiger partial charge in [0.1, 0.15) is 6.33 Å². The molecule has 0 N–H and O–H groups in total. The second kappa shape index (κ2) is 8.11. The summed E-state index contributed by atoms with van der Waals surface area (Å²) in [5.41, 5.74) is 6.98. The molecule has 166 valence electrons. The maximum absolute atomic E-state index is 5.82. The number of pyridine rings is 1. The van der Waals surface area contributed by atoms with Crippen molar-refractivity contribution in [3.05, 3.63) is 78.6 Å². The third-order valence-corrected chi connectivity index (χ3v) is 6.08. The molecule has 3 heterocycles. The van der Waals surface area contributed by atoms with Crippen molar-refractivity contribution in [3.63, 3.8) is 0 Å². The number of nitrogens with zero attached hydrogens (tertiary/aromatic N) is 3. The van der Waals surface area contributed by atoms with Crippen LogP contribution in [0, 0.1) is 5.92 Å². The third-order valence-electron chi connectivity index (χ3n) is 6.08. The molecule has 0 bridgehead atoms. The van der Waals surface area contributed by atoms with Crippen LogP contribution in [0.3, 0.4) is 0 Å². The predicted molar refractivity (Wildman–Crippen MR) is 135 cm³/mol. The van der Waals surface area contributed by atoms with Gasteiger partial charge in [-0.2, -0.15) is 0 Å². The lowest BCUT2D eigenvalue weighted by atomic mass is 9.82. The molecular weight excluding hydrogens is 406 g/mol. The van der Waals surface area contributed by atoms with Crippen LogP contribution >= 0.6 is 0 Å². The molecule has 0 aliphatic heterocycles. The number of hydrogen-bond donors (Lipinski definition) is 0. The summed E-state index contributed by atoms with van der Waals surface area (Å²) in [7, 11) is 0. The van der Waals surface area contributed by atoms with Crippen LogP contribution in [0.25, 0.3) is 44.3 Å². The van der Waals surface area contributed by atoms with Gasteiger partial charge in [-0.3, -0.25) is 4.98 Å². The predicted octanol–water partition coefficient (Wildman–Crippen LogP) is 7.60. The normalized spacial score (nSPS) is 12.2. The van der Waals surface area contributed by atoms with Crippen molar-refractivity contribution in [1.82, 2.24) is 15.0 Å². The van der Waals surface area contributed by atoms with Gasteiger partial charge in [0.2, 0.25) is 0 Å². The summed E-state index contributed by atoms with van der Waals surface area (Å²) >= 11 is 0. The van der Waals surface area contributed by atoms with Gasteiger partial charge in [0.05, 0.1) is 23.3 Å². The van der Waals surface area contributed by atoms with E-state index in [9.17, 15) is 0 Å². The summed E-state index contributed by atoms with van der Waals surface area (Å²) in [6.45, 7) is 11.1. The molecule has 0 fully saturated rings. The number of furan rings is 1. The summed E-state index contributed by atoms with van der Waals surface area (Å²) < 4.78 is 5.82. The van der Waals surface area contributed by atoms with Crippen molar-refractivity contribution in [2.24, 2.45) is 5.92 Å². The molecule has 0 saturated heterocycles. The Hall–Kier alpha value is -3.53. The number of benzene rings is 2. The highest BCUT2D eigenvalue weighted by atomic mass is 16.3. The van der Waals surface area contributed by atoms with Crippen LogP contribution < -0.4 is 0 Å². The summed E-state index contributed by atoms with van der Waals surface area (Å²) in [6.07, 6.45) is 6.18. The lowest BCUT2D eigenvalue weighted by Gasteiger charge is -2.22. The van der Waals surface area contributed by atoms with Crippen LogP contribution in [0.5, 0.6) is 0 Å². The molecule has 0 aliphatic rings. The van der Waals surface area contributed by atoms with Crippen LogP contribution in [-0.2, 0) is 11.8 Å². The van der Waals surface area contributed by atoms with Gasteiger partial charge in [-0.05, 0) is 58.4 Å². The fraction of sp³-hybridized carbons (Fsp3) is 0.276. The van der Waals surface area contributed by atoms with E-state index in [0.717, 1.165) is 45.6 Å². The smallest absolute Gasteiger partial charge is 0.156 e. The monoisotopic (exact) mass is 435 g/mol. The first-order valence-electron chi connectivity index (χ1n) is 11.5. The molecule has 0 radical (unpaired) electrons. The Morgan fingerprint density at radius 3 is 2.45 bits per heavy atom. The SMILES string of the molecule is CC(C)Cc1ncc(-c2cc(-c3cc(C(C)(C)C)c4ccccc4c3)ncn2)c2ccoc12. The van der Waals surface area contributed by atoms with E-state index < -0.39 is 0 Å². The van der Waals surface area contributed by atoms with E-state index in [2.05, 4.69) is 87.1 Å². The molecule has 0 unspecified atom stereocenters. The lowest BCUT2D eigenvalue weighted by molar-refractivity contribution is 0.587. The Bertz CT molecular complexity index is 1460. The van der Waals surface area contributed by atoms with E-state index in [1.807, 2.05) is 12.3 Å². The molecule has 0 amide bonds. The zero-order valence-electron chi connectivity index (χ0n) is 19.9. The number of rotatable bonds is 4. The minimum Gasteiger partial charge on any atom is -0.462 e. The molecule has 0 atom stereocenters. The molecule has 33 heavy (non-hydrogen) atoms. The van der Waals surface area contributed by atoms with Crippen LogP contribution in [0.4, 0.5) is 0 Å². The highest BCUT2D eigenvalue weighted by molar-refractivity contribution is 5.95. The molecule has 2 aromatic carbocycles. The Morgan fingerprint density at radius 1 is 0.879 bits per heavy atom. The largest absolute Gasteiger partial charge is 0.462 e. The van der Waals surface area contributed by atoms with Gasteiger partial charge in [-0.25, -0.2) is 9.97 Å². The number of aromatic nitrogens is 3. The van der Waals surface area contributed by atoms with Crippen molar-refractivity contribution < 1.29 is 4.42 Å². The van der Waals surface area contributed by atoms with E-state index in [1.54, 1.807) is 12.6 Å². The molecule has 4 heteroatoms. The van der Waals surface area contributed by atoms with E-state index in [1.165, 1.54) is 16.3 Å². The summed E-state index contributed by atoms with van der Waals surface area (Å²) in [4.78, 5) is 14.0. The highest BCUT2D eigenvalue weighted by Gasteiger charge is 2.19. The summed E-state index contributed by atoms with van der Waals surface area (Å²) in [5, 5.41) is 3.55. The van der Waals surface area contributed by atoms with E-state index >= 15 is 0 Å². The number of fused-ring (bicyclic) bond motifs is 2. The topological polar surface area (TPSA) is 51.8 Å². The first-order valence-corrected chi connectivity index (χ1v) is 11.5. The van der Waals surface area contributed by atoms with Crippen LogP contribution in [0.15, 0.2) is 71.7 Å². The average molecular weight is 436 g/mol. The Balaban J connectivity index is 1.65. The van der Waals surface area contributed by atoms with Crippen molar-refractivity contribution in [2.75, 3.05) is 0 Å². The number of hydrogen-bond acceptors (Lipinski definition) is 4. The fourth-order valence-electron chi connectivity index (χ4n) is 4.49. The van der Waals surface area contributed by atoms with Gasteiger partial charge in [0, 0.05) is 22.7 Å². The lowest BCUT2D eigenvalue weighted by Crippen LogP contribution is -2.12. The zero-order valence-corrected chi connectivity index (χ0v) is 19.9. The van der Waals surface area contributed by atoms with Gasteiger partial charge >= 0.3 is 0 Å². The maximum Gasteiger partial charge on any atom is 0.156 e. The zero-order chi connectivity index (χ0) is 23.2. The van der Waals surface area contributed by atoms with E-state index in [4.69, 9.17) is 9.40 Å². The van der Waals surface area contributed by atoms with Crippen molar-refractivity contribution >= 4 is 21.7 Å². The summed E-state index contributed by atoms with van der Waals surface area (Å²) in [5.74, 6) is 0.507. The van der Waals surface area contributed by atoms with Crippen molar-refractivity contribution in [1.29, 1.82) is 0 Å². The molecule has 5 aromatic rings. The highest BCUT2D eigenvalue weighted by Crippen LogP contribution is 2.36. The van der Waals surface area contributed by atoms with Crippen molar-refractivity contribution in [2.45, 2.75) is 46.5 Å². The van der Waals surface area contributed by atoms with Gasteiger partial charge in [-0.1, -0.05) is 58.9 Å². The van der Waals surface area contributed by atoms with Gasteiger partial charge in [-0.15, -0.1) is 0 Å². The molecule has 0 aliphatic carbocycles. The van der Waals surface area contributed by atoms with E-state index in [-0.39, 0.29) is 5.41 Å². The molecule has 3 aromatic heterocycles. The summed E-state index contributed by atoms with van der Waals surface area (Å²) in [6, 6.07) is 17.1. The standard InChI is InChI=1S/C29H29N3O/c1-18(2)12-27-28-22(10-11-33-28)23(16-30-27)26-15-25(31-17-32-26)20-13-19-8-6-7-9-21(19)24(14-20)29(3,4)5/h6-11,13-18H,12H2,1-5H3. The second-order valence-electron chi connectivity index (χ2n) is 10.2. The van der Waals surface area contributed by atoms with E-state index in [0.29, 0.717) is 5.92 Å². The molecule has 0 spiro atoms. The first kappa shape index (κ1) is 21.3. The van der Waals surface area contributed by atoms with Gasteiger partial charge in [0.15, 0.2) is 5.58 Å². The molecular formula is C29H29N3O. The molecule has 0 saturated carbocycles. The van der Waals surface area contributed by atoms with Crippen LogP contribution in [0.1, 0.15) is 45.9 Å². The molecule has 4 nitrogen and oxygen atoms in total. The van der Waals surface area contributed by atoms with Gasteiger partial charge < -0.3 is 4.42 Å². The Labute approximate surface area is 194 Å². The molecule has 5 rings (SSSR count). The Morgan fingerprint density at radius 2 is 1.67 bits per heavy atom. The van der Waals surface area contributed by atoms with Crippen LogP contribution in [-0.4, -0.2) is 15.0 Å². The maximum atomic E-state index is 5.82. The van der Waals surface area contributed by atoms with Crippen molar-refractivity contribution in [3.8, 4) is 22.5 Å². The minimum absolute atomic E-state index is 0.0184. The first-order chi connectivity index (χ1) is 15.8.